The quantitative estimate of drug-likeness (QED) is 0.840. The molecule has 2 rings (SSSR count). The van der Waals surface area contributed by atoms with Crippen molar-refractivity contribution in [3.05, 3.63) is 18.2 Å². The maximum absolute atomic E-state index is 5.21. The van der Waals surface area contributed by atoms with E-state index < -0.39 is 0 Å². The largest absolute Gasteiger partial charge is 0.334 e. The molecule has 1 atom stereocenters. The first-order chi connectivity index (χ1) is 8.22. The molecule has 92 valence electrons. The highest BCUT2D eigenvalue weighted by atomic mass is 16.5. The zero-order valence-electron chi connectivity index (χ0n) is 10.3. The zero-order valence-corrected chi connectivity index (χ0v) is 10.3. The van der Waals surface area contributed by atoms with E-state index in [4.69, 9.17) is 4.52 Å². The van der Waals surface area contributed by atoms with Gasteiger partial charge < -0.3 is 9.84 Å². The van der Waals surface area contributed by atoms with E-state index in [1.807, 2.05) is 24.9 Å². The number of aromatic nitrogens is 4. The molecule has 0 fully saturated rings. The van der Waals surface area contributed by atoms with Crippen LogP contribution in [0.15, 0.2) is 16.9 Å². The van der Waals surface area contributed by atoms with Crippen LogP contribution in [0.5, 0.6) is 0 Å². The second-order valence-corrected chi connectivity index (χ2v) is 3.99. The van der Waals surface area contributed by atoms with Gasteiger partial charge in [0.2, 0.25) is 0 Å². The summed E-state index contributed by atoms with van der Waals surface area (Å²) in [6.07, 6.45) is 4.39. The monoisotopic (exact) mass is 235 g/mol. The third kappa shape index (κ3) is 2.71. The van der Waals surface area contributed by atoms with Crippen molar-refractivity contribution in [2.75, 3.05) is 7.05 Å². The molecule has 0 amide bonds. The molecule has 1 N–H and O–H groups in total. The van der Waals surface area contributed by atoms with Gasteiger partial charge >= 0.3 is 0 Å². The van der Waals surface area contributed by atoms with Gasteiger partial charge in [-0.1, -0.05) is 5.16 Å². The van der Waals surface area contributed by atoms with Crippen LogP contribution in [0.1, 0.15) is 19.7 Å². The van der Waals surface area contributed by atoms with Gasteiger partial charge in [0.05, 0.1) is 11.8 Å². The molecule has 0 saturated heterocycles. The second-order valence-electron chi connectivity index (χ2n) is 3.99. The van der Waals surface area contributed by atoms with Crippen LogP contribution in [0.2, 0.25) is 0 Å². The number of hydrogen-bond donors (Lipinski definition) is 1. The Morgan fingerprint density at radius 2 is 2.35 bits per heavy atom. The summed E-state index contributed by atoms with van der Waals surface area (Å²) >= 11 is 0. The molecule has 0 aliphatic carbocycles. The van der Waals surface area contributed by atoms with Crippen LogP contribution in [0, 0.1) is 0 Å². The zero-order chi connectivity index (χ0) is 12.3. The van der Waals surface area contributed by atoms with Crippen molar-refractivity contribution in [1.82, 2.24) is 25.2 Å². The molecule has 0 spiro atoms. The Balaban J connectivity index is 2.12. The van der Waals surface area contributed by atoms with E-state index in [0.717, 1.165) is 18.5 Å². The number of rotatable bonds is 5. The lowest BCUT2D eigenvalue weighted by Crippen LogP contribution is -2.24. The fraction of sp³-hybridized carbons (Fsp3) is 0.545. The summed E-state index contributed by atoms with van der Waals surface area (Å²) in [5.74, 6) is 1.24. The molecule has 0 bridgehead atoms. The van der Waals surface area contributed by atoms with Gasteiger partial charge in [-0.2, -0.15) is 10.1 Å². The number of aryl methyl sites for hydroxylation is 1. The van der Waals surface area contributed by atoms with Gasteiger partial charge in [0.15, 0.2) is 5.82 Å². The van der Waals surface area contributed by atoms with Gasteiger partial charge in [0.1, 0.15) is 0 Å². The lowest BCUT2D eigenvalue weighted by atomic mass is 10.2. The van der Waals surface area contributed by atoms with Gasteiger partial charge in [-0.15, -0.1) is 0 Å². The predicted molar refractivity (Wildman–Crippen MR) is 63.4 cm³/mol. The van der Waals surface area contributed by atoms with E-state index in [2.05, 4.69) is 27.5 Å². The maximum atomic E-state index is 5.21. The Bertz CT molecular complexity index is 476. The standard InChI is InChI=1S/C11H17N5O/c1-4-16-7-9(6-13-16)11-14-10(15-17-11)5-8(2)12-3/h6-8,12H,4-5H2,1-3H3. The van der Waals surface area contributed by atoms with E-state index in [1.165, 1.54) is 0 Å². The molecule has 2 aromatic heterocycles. The van der Waals surface area contributed by atoms with E-state index in [1.54, 1.807) is 6.20 Å². The van der Waals surface area contributed by atoms with Gasteiger partial charge in [-0.3, -0.25) is 4.68 Å². The third-order valence-electron chi connectivity index (χ3n) is 2.65. The molecular weight excluding hydrogens is 218 g/mol. The highest BCUT2D eigenvalue weighted by Crippen LogP contribution is 2.16. The number of hydrogen-bond acceptors (Lipinski definition) is 5. The molecule has 6 heteroatoms. The average Bonchev–Trinajstić information content (AvgIpc) is 2.96. The van der Waals surface area contributed by atoms with Crippen LogP contribution in [0.3, 0.4) is 0 Å². The van der Waals surface area contributed by atoms with Crippen LogP contribution in [-0.4, -0.2) is 33.0 Å². The lowest BCUT2D eigenvalue weighted by molar-refractivity contribution is 0.418. The van der Waals surface area contributed by atoms with Gasteiger partial charge in [0, 0.05) is 25.2 Å². The molecule has 17 heavy (non-hydrogen) atoms. The molecule has 1 unspecified atom stereocenters. The number of likely N-dealkylation sites (N-methyl/N-ethyl adjacent to an activating group) is 1. The van der Waals surface area contributed by atoms with Crippen LogP contribution < -0.4 is 5.32 Å². The molecule has 0 aliphatic rings. The van der Waals surface area contributed by atoms with Crippen molar-refractivity contribution in [1.29, 1.82) is 0 Å². The summed E-state index contributed by atoms with van der Waals surface area (Å²) < 4.78 is 7.04. The molecule has 0 aliphatic heterocycles. The van der Waals surface area contributed by atoms with Crippen molar-refractivity contribution < 1.29 is 4.52 Å². The smallest absolute Gasteiger partial charge is 0.261 e. The average molecular weight is 235 g/mol. The van der Waals surface area contributed by atoms with E-state index in [0.29, 0.717) is 17.8 Å². The van der Waals surface area contributed by atoms with E-state index >= 15 is 0 Å². The van der Waals surface area contributed by atoms with Crippen LogP contribution in [-0.2, 0) is 13.0 Å². The maximum Gasteiger partial charge on any atom is 0.261 e. The topological polar surface area (TPSA) is 68.8 Å². The Hall–Kier alpha value is -1.69. The number of nitrogens with one attached hydrogen (secondary N) is 1. The van der Waals surface area contributed by atoms with Crippen molar-refractivity contribution in [2.24, 2.45) is 0 Å². The van der Waals surface area contributed by atoms with Crippen LogP contribution in [0.4, 0.5) is 0 Å². The van der Waals surface area contributed by atoms with Gasteiger partial charge in [0.25, 0.3) is 5.89 Å². The van der Waals surface area contributed by atoms with Crippen molar-refractivity contribution in [3.8, 4) is 11.5 Å². The molecule has 2 heterocycles. The number of nitrogens with zero attached hydrogens (tertiary/aromatic N) is 4. The fourth-order valence-corrected chi connectivity index (χ4v) is 1.48. The Kier molecular flexibility index (Phi) is 3.53. The first kappa shape index (κ1) is 11.8. The summed E-state index contributed by atoms with van der Waals surface area (Å²) in [4.78, 5) is 4.34. The van der Waals surface area contributed by atoms with Crippen molar-refractivity contribution in [2.45, 2.75) is 32.9 Å². The first-order valence-electron chi connectivity index (χ1n) is 5.75. The minimum atomic E-state index is 0.332. The summed E-state index contributed by atoms with van der Waals surface area (Å²) in [6.45, 7) is 4.94. The highest BCUT2D eigenvalue weighted by Gasteiger charge is 2.12. The molecular formula is C11H17N5O. The predicted octanol–water partition coefficient (Wildman–Crippen LogP) is 1.10. The highest BCUT2D eigenvalue weighted by molar-refractivity contribution is 5.49. The van der Waals surface area contributed by atoms with Crippen LogP contribution in [0.25, 0.3) is 11.5 Å². The van der Waals surface area contributed by atoms with Crippen molar-refractivity contribution >= 4 is 0 Å². The van der Waals surface area contributed by atoms with E-state index in [9.17, 15) is 0 Å². The first-order valence-corrected chi connectivity index (χ1v) is 5.75. The van der Waals surface area contributed by atoms with Gasteiger partial charge in [-0.05, 0) is 20.9 Å². The summed E-state index contributed by atoms with van der Waals surface area (Å²) in [5.41, 5.74) is 0.864. The summed E-state index contributed by atoms with van der Waals surface area (Å²) in [7, 11) is 1.91. The Morgan fingerprint density at radius 1 is 1.53 bits per heavy atom. The van der Waals surface area contributed by atoms with Crippen LogP contribution >= 0.6 is 0 Å². The molecule has 0 saturated carbocycles. The second kappa shape index (κ2) is 5.09. The lowest BCUT2D eigenvalue weighted by Gasteiger charge is -2.04. The molecule has 0 aromatic carbocycles. The van der Waals surface area contributed by atoms with Gasteiger partial charge in [-0.25, -0.2) is 0 Å². The minimum absolute atomic E-state index is 0.332. The fourth-order valence-electron chi connectivity index (χ4n) is 1.48. The van der Waals surface area contributed by atoms with E-state index in [-0.39, 0.29) is 0 Å². The molecule has 0 radical (unpaired) electrons. The van der Waals surface area contributed by atoms with Crippen molar-refractivity contribution in [3.63, 3.8) is 0 Å². The Labute approximate surface area is 100 Å². The summed E-state index contributed by atoms with van der Waals surface area (Å²) in [6, 6.07) is 0.332. The normalized spacial score (nSPS) is 12.9. The Morgan fingerprint density at radius 3 is 3.00 bits per heavy atom. The SMILES string of the molecule is CCn1cc(-c2nc(CC(C)NC)no2)cn1. The summed E-state index contributed by atoms with van der Waals surface area (Å²) in [5, 5.41) is 11.3. The third-order valence-corrected chi connectivity index (χ3v) is 2.65. The molecule has 6 nitrogen and oxygen atoms in total. The minimum Gasteiger partial charge on any atom is -0.334 e. The molecule has 2 aromatic rings.